The van der Waals surface area contributed by atoms with E-state index >= 15 is 0 Å². The summed E-state index contributed by atoms with van der Waals surface area (Å²) in [5, 5.41) is 6.18. The van der Waals surface area contributed by atoms with Crippen LogP contribution < -0.4 is 5.32 Å². The van der Waals surface area contributed by atoms with Crippen molar-refractivity contribution < 1.29 is 0 Å². The van der Waals surface area contributed by atoms with Crippen molar-refractivity contribution in [3.8, 4) is 22.3 Å². The summed E-state index contributed by atoms with van der Waals surface area (Å²) < 4.78 is 0. The molecule has 1 heteroatoms. The van der Waals surface area contributed by atoms with Gasteiger partial charge in [0.2, 0.25) is 0 Å². The number of benzene rings is 4. The van der Waals surface area contributed by atoms with Gasteiger partial charge in [0.15, 0.2) is 0 Å². The summed E-state index contributed by atoms with van der Waals surface area (Å²) in [5.74, 6) is 0.438. The van der Waals surface area contributed by atoms with Crippen LogP contribution in [0.2, 0.25) is 0 Å². The van der Waals surface area contributed by atoms with E-state index < -0.39 is 0 Å². The van der Waals surface area contributed by atoms with Crippen molar-refractivity contribution in [1.29, 1.82) is 0 Å². The first-order chi connectivity index (χ1) is 15.4. The lowest BCUT2D eigenvalue weighted by Gasteiger charge is -2.17. The second kappa shape index (κ2) is 7.59. The molecule has 150 valence electrons. The minimum atomic E-state index is 0.438. The van der Waals surface area contributed by atoms with Crippen LogP contribution in [0.15, 0.2) is 109 Å². The first kappa shape index (κ1) is 18.2. The number of allylic oxidation sites excluding steroid dienone is 3. The Kier molecular flexibility index (Phi) is 4.46. The molecule has 2 aliphatic rings. The maximum absolute atomic E-state index is 3.53. The van der Waals surface area contributed by atoms with Gasteiger partial charge >= 0.3 is 0 Å². The number of nitrogens with one attached hydrogen (secondary N) is 1. The smallest absolute Gasteiger partial charge is 0.0330 e. The Bertz CT molecular complexity index is 1330. The van der Waals surface area contributed by atoms with E-state index in [9.17, 15) is 0 Å². The Labute approximate surface area is 183 Å². The molecule has 4 aromatic rings. The van der Waals surface area contributed by atoms with Gasteiger partial charge in [0.25, 0.3) is 0 Å². The highest BCUT2D eigenvalue weighted by atomic mass is 14.9. The zero-order valence-corrected chi connectivity index (χ0v) is 17.5. The van der Waals surface area contributed by atoms with Crippen molar-refractivity contribution in [2.75, 3.05) is 6.54 Å². The third-order valence-electron chi connectivity index (χ3n) is 6.70. The van der Waals surface area contributed by atoms with Crippen molar-refractivity contribution in [3.63, 3.8) is 0 Å². The predicted molar refractivity (Wildman–Crippen MR) is 131 cm³/mol. The summed E-state index contributed by atoms with van der Waals surface area (Å²) >= 11 is 0. The normalized spacial score (nSPS) is 16.5. The second-order valence-electron chi connectivity index (χ2n) is 8.55. The highest BCUT2D eigenvalue weighted by Gasteiger charge is 2.29. The van der Waals surface area contributed by atoms with Gasteiger partial charge in [-0.25, -0.2) is 0 Å². The molecule has 0 saturated heterocycles. The van der Waals surface area contributed by atoms with Gasteiger partial charge in [0.05, 0.1) is 0 Å². The molecule has 0 spiro atoms. The molecule has 1 N–H and O–H groups in total. The molecule has 1 aliphatic heterocycles. The van der Waals surface area contributed by atoms with Gasteiger partial charge in [0, 0.05) is 18.2 Å². The Hall–Kier alpha value is -3.58. The lowest BCUT2D eigenvalue weighted by atomic mass is 9.90. The maximum Gasteiger partial charge on any atom is 0.0330 e. The van der Waals surface area contributed by atoms with Crippen LogP contribution in [-0.2, 0) is 0 Å². The van der Waals surface area contributed by atoms with Crippen molar-refractivity contribution in [2.45, 2.75) is 18.8 Å². The van der Waals surface area contributed by atoms with E-state index in [0.717, 1.165) is 19.4 Å². The van der Waals surface area contributed by atoms with Crippen LogP contribution in [0.25, 0.3) is 33.0 Å². The minimum absolute atomic E-state index is 0.438. The fourth-order valence-corrected chi connectivity index (χ4v) is 5.13. The van der Waals surface area contributed by atoms with Gasteiger partial charge in [-0.2, -0.15) is 0 Å². The summed E-state index contributed by atoms with van der Waals surface area (Å²) in [6.45, 7) is 0.939. The van der Waals surface area contributed by atoms with E-state index in [4.69, 9.17) is 0 Å². The average Bonchev–Trinajstić information content (AvgIpc) is 3.14. The molecule has 1 heterocycles. The van der Waals surface area contributed by atoms with Gasteiger partial charge in [-0.3, -0.25) is 0 Å². The van der Waals surface area contributed by atoms with Crippen LogP contribution in [0.5, 0.6) is 0 Å². The molecule has 0 bridgehead atoms. The van der Waals surface area contributed by atoms with Crippen LogP contribution in [-0.4, -0.2) is 6.54 Å². The van der Waals surface area contributed by atoms with Crippen molar-refractivity contribution in [1.82, 2.24) is 5.32 Å². The second-order valence-corrected chi connectivity index (χ2v) is 8.55. The number of fused-ring (bicyclic) bond motifs is 4. The molecule has 1 nitrogen and oxygen atoms in total. The van der Waals surface area contributed by atoms with Crippen molar-refractivity contribution >= 4 is 10.8 Å². The first-order valence-electron chi connectivity index (χ1n) is 11.2. The van der Waals surface area contributed by atoms with E-state index in [0.29, 0.717) is 5.92 Å². The highest BCUT2D eigenvalue weighted by Crippen LogP contribution is 2.49. The molecule has 1 unspecified atom stereocenters. The van der Waals surface area contributed by atoms with Gasteiger partial charge in [-0.15, -0.1) is 0 Å². The van der Waals surface area contributed by atoms with Gasteiger partial charge < -0.3 is 5.32 Å². The first-order valence-corrected chi connectivity index (χ1v) is 11.2. The van der Waals surface area contributed by atoms with Crippen molar-refractivity contribution in [2.24, 2.45) is 0 Å². The van der Waals surface area contributed by atoms with E-state index in [2.05, 4.69) is 108 Å². The van der Waals surface area contributed by atoms with Crippen LogP contribution in [0, 0.1) is 0 Å². The zero-order valence-electron chi connectivity index (χ0n) is 17.5. The Balaban J connectivity index is 1.46. The van der Waals surface area contributed by atoms with Gasteiger partial charge in [-0.1, -0.05) is 78.9 Å². The standard InChI is InChI=1S/C30H25N/c1-2-8-21(9-3-1)24-13-15-26-27(16-14-25-12-6-7-17-31-25)28-18-22-10-4-5-11-23(22)19-30(28)29(26)20-24/h1-13,15,18-20,27,31H,14,16-17H2. The molecule has 0 radical (unpaired) electrons. The third kappa shape index (κ3) is 3.27. The SMILES string of the molecule is C1=CCNC(CCC2c3ccc(-c4ccccc4)cc3-c3cc4ccccc4cc32)=C1. The topological polar surface area (TPSA) is 12.0 Å². The summed E-state index contributed by atoms with van der Waals surface area (Å²) in [6.07, 6.45) is 8.75. The Morgan fingerprint density at radius 1 is 0.710 bits per heavy atom. The molecular formula is C30H25N. The molecule has 0 saturated carbocycles. The lowest BCUT2D eigenvalue weighted by Crippen LogP contribution is -2.16. The van der Waals surface area contributed by atoms with Gasteiger partial charge in [0.1, 0.15) is 0 Å². The fourth-order valence-electron chi connectivity index (χ4n) is 5.13. The number of dihydropyridines is 1. The average molecular weight is 400 g/mol. The minimum Gasteiger partial charge on any atom is -0.385 e. The monoisotopic (exact) mass is 399 g/mol. The quantitative estimate of drug-likeness (QED) is 0.376. The van der Waals surface area contributed by atoms with E-state index in [1.54, 1.807) is 0 Å². The Morgan fingerprint density at radius 2 is 1.48 bits per heavy atom. The molecule has 1 aliphatic carbocycles. The summed E-state index contributed by atoms with van der Waals surface area (Å²) in [4.78, 5) is 0. The predicted octanol–water partition coefficient (Wildman–Crippen LogP) is 7.44. The lowest BCUT2D eigenvalue weighted by molar-refractivity contribution is 0.684. The van der Waals surface area contributed by atoms with Crippen molar-refractivity contribution in [3.05, 3.63) is 120 Å². The Morgan fingerprint density at radius 3 is 2.29 bits per heavy atom. The summed E-state index contributed by atoms with van der Waals surface area (Å²) in [5.41, 5.74) is 9.67. The molecule has 6 rings (SSSR count). The molecular weight excluding hydrogens is 374 g/mol. The maximum atomic E-state index is 3.53. The van der Waals surface area contributed by atoms with Crippen LogP contribution in [0.4, 0.5) is 0 Å². The van der Waals surface area contributed by atoms with E-state index in [1.165, 1.54) is 49.9 Å². The number of hydrogen-bond donors (Lipinski definition) is 1. The molecule has 31 heavy (non-hydrogen) atoms. The van der Waals surface area contributed by atoms with E-state index in [-0.39, 0.29) is 0 Å². The van der Waals surface area contributed by atoms with Crippen LogP contribution in [0.1, 0.15) is 29.9 Å². The molecule has 0 fully saturated rings. The number of rotatable bonds is 4. The summed E-state index contributed by atoms with van der Waals surface area (Å²) in [6, 6.07) is 31.4. The molecule has 0 amide bonds. The largest absolute Gasteiger partial charge is 0.385 e. The summed E-state index contributed by atoms with van der Waals surface area (Å²) in [7, 11) is 0. The molecule has 1 atom stereocenters. The van der Waals surface area contributed by atoms with E-state index in [1.807, 2.05) is 0 Å². The van der Waals surface area contributed by atoms with Crippen LogP contribution in [0.3, 0.4) is 0 Å². The number of hydrogen-bond acceptors (Lipinski definition) is 1. The molecule has 0 aromatic heterocycles. The third-order valence-corrected chi connectivity index (χ3v) is 6.70. The fraction of sp³-hybridized carbons (Fsp3) is 0.133. The highest BCUT2D eigenvalue weighted by molar-refractivity contribution is 5.93. The molecule has 4 aromatic carbocycles. The van der Waals surface area contributed by atoms with Crippen LogP contribution >= 0.6 is 0 Å². The zero-order chi connectivity index (χ0) is 20.6. The van der Waals surface area contributed by atoms with Gasteiger partial charge in [-0.05, 0) is 81.3 Å².